The first-order valence-electron chi connectivity index (χ1n) is 5.56. The summed E-state index contributed by atoms with van der Waals surface area (Å²) in [7, 11) is 0. The predicted molar refractivity (Wildman–Crippen MR) is 61.3 cm³/mol. The zero-order valence-corrected chi connectivity index (χ0v) is 10.0. The molecule has 0 bridgehead atoms. The molecule has 0 atom stereocenters. The topological polar surface area (TPSA) is 62.5 Å². The summed E-state index contributed by atoms with van der Waals surface area (Å²) in [5, 5.41) is 12.7. The van der Waals surface area contributed by atoms with Crippen LogP contribution in [0.5, 0.6) is 0 Å². The molecule has 0 aliphatic carbocycles. The maximum absolute atomic E-state index is 11.7. The van der Waals surface area contributed by atoms with E-state index in [2.05, 4.69) is 5.32 Å². The Labute approximate surface area is 95.7 Å². The van der Waals surface area contributed by atoms with Crippen molar-refractivity contribution in [3.63, 3.8) is 0 Å². The number of hydrogen-bond donors (Lipinski definition) is 2. The quantitative estimate of drug-likeness (QED) is 0.804. The van der Waals surface area contributed by atoms with Crippen molar-refractivity contribution in [1.29, 1.82) is 0 Å². The first-order chi connectivity index (χ1) is 7.50. The molecule has 0 unspecified atom stereocenters. The molecule has 90 valence electrons. The summed E-state index contributed by atoms with van der Waals surface area (Å²) in [6.07, 6.45) is 2.66. The van der Waals surface area contributed by atoms with Gasteiger partial charge in [0, 0.05) is 6.54 Å². The van der Waals surface area contributed by atoms with Gasteiger partial charge in [-0.15, -0.1) is 0 Å². The Morgan fingerprint density at radius 2 is 2.12 bits per heavy atom. The van der Waals surface area contributed by atoms with E-state index in [1.807, 2.05) is 13.8 Å². The van der Waals surface area contributed by atoms with Crippen molar-refractivity contribution in [2.24, 2.45) is 0 Å². The lowest BCUT2D eigenvalue weighted by Gasteiger charge is -2.25. The van der Waals surface area contributed by atoms with Crippen LogP contribution in [-0.2, 0) is 0 Å². The zero-order valence-electron chi connectivity index (χ0n) is 10.0. The summed E-state index contributed by atoms with van der Waals surface area (Å²) >= 11 is 0. The van der Waals surface area contributed by atoms with Crippen molar-refractivity contribution < 1.29 is 14.3 Å². The number of hydrogen-bond acceptors (Lipinski definition) is 3. The van der Waals surface area contributed by atoms with Crippen molar-refractivity contribution in [1.82, 2.24) is 5.32 Å². The molecule has 4 heteroatoms. The van der Waals surface area contributed by atoms with Crippen LogP contribution < -0.4 is 5.32 Å². The molecule has 1 rings (SSSR count). The summed E-state index contributed by atoms with van der Waals surface area (Å²) in [5.41, 5.74) is -0.318. The molecule has 0 fully saturated rings. The highest BCUT2D eigenvalue weighted by atomic mass is 16.3. The van der Waals surface area contributed by atoms with Gasteiger partial charge in [-0.1, -0.05) is 13.8 Å². The predicted octanol–water partition coefficient (Wildman–Crippen LogP) is 1.87. The number of rotatable bonds is 5. The SMILES string of the molecule is CCC(O)(CC)CNC(=O)c1coc(C)c1. The van der Waals surface area contributed by atoms with Crippen LogP contribution in [0.15, 0.2) is 16.7 Å². The first-order valence-corrected chi connectivity index (χ1v) is 5.56. The van der Waals surface area contributed by atoms with Gasteiger partial charge in [0.25, 0.3) is 5.91 Å². The summed E-state index contributed by atoms with van der Waals surface area (Å²) in [5.74, 6) is 0.489. The minimum Gasteiger partial charge on any atom is -0.469 e. The molecule has 0 spiro atoms. The third-order valence-corrected chi connectivity index (χ3v) is 2.89. The molecule has 1 aromatic heterocycles. The van der Waals surface area contributed by atoms with E-state index in [0.717, 1.165) is 0 Å². The van der Waals surface area contributed by atoms with Crippen LogP contribution in [0, 0.1) is 6.92 Å². The number of nitrogens with one attached hydrogen (secondary N) is 1. The van der Waals surface area contributed by atoms with E-state index in [0.29, 0.717) is 24.2 Å². The van der Waals surface area contributed by atoms with Crippen LogP contribution in [0.4, 0.5) is 0 Å². The number of amides is 1. The smallest absolute Gasteiger partial charge is 0.254 e. The number of aryl methyl sites for hydroxylation is 1. The molecule has 4 nitrogen and oxygen atoms in total. The van der Waals surface area contributed by atoms with Gasteiger partial charge in [0.05, 0.1) is 11.2 Å². The summed E-state index contributed by atoms with van der Waals surface area (Å²) in [4.78, 5) is 11.7. The Morgan fingerprint density at radius 1 is 1.50 bits per heavy atom. The lowest BCUT2D eigenvalue weighted by Crippen LogP contribution is -2.41. The third-order valence-electron chi connectivity index (χ3n) is 2.89. The molecule has 1 amide bonds. The van der Waals surface area contributed by atoms with E-state index in [4.69, 9.17) is 4.42 Å². The van der Waals surface area contributed by atoms with Crippen LogP contribution in [-0.4, -0.2) is 23.2 Å². The van der Waals surface area contributed by atoms with Gasteiger partial charge >= 0.3 is 0 Å². The molecule has 16 heavy (non-hydrogen) atoms. The fourth-order valence-corrected chi connectivity index (χ4v) is 1.41. The molecule has 0 saturated carbocycles. The van der Waals surface area contributed by atoms with Crippen molar-refractivity contribution in [3.05, 3.63) is 23.7 Å². The van der Waals surface area contributed by atoms with Crippen molar-refractivity contribution in [3.8, 4) is 0 Å². The fraction of sp³-hybridized carbons (Fsp3) is 0.583. The van der Waals surface area contributed by atoms with Crippen LogP contribution in [0.2, 0.25) is 0 Å². The van der Waals surface area contributed by atoms with Crippen LogP contribution in [0.3, 0.4) is 0 Å². The van der Waals surface area contributed by atoms with Crippen LogP contribution in [0.25, 0.3) is 0 Å². The molecule has 0 aromatic carbocycles. The average Bonchev–Trinajstić information content (AvgIpc) is 2.72. The minimum atomic E-state index is -0.811. The van der Waals surface area contributed by atoms with Crippen molar-refractivity contribution >= 4 is 5.91 Å². The zero-order chi connectivity index (χ0) is 12.2. The maximum atomic E-state index is 11.7. The van der Waals surface area contributed by atoms with E-state index in [1.54, 1.807) is 13.0 Å². The lowest BCUT2D eigenvalue weighted by atomic mass is 9.97. The highest BCUT2D eigenvalue weighted by Crippen LogP contribution is 2.13. The van der Waals surface area contributed by atoms with Gasteiger partial charge in [-0.05, 0) is 25.8 Å². The highest BCUT2D eigenvalue weighted by Gasteiger charge is 2.23. The largest absolute Gasteiger partial charge is 0.469 e. The molecule has 1 heterocycles. The minimum absolute atomic E-state index is 0.211. The van der Waals surface area contributed by atoms with Crippen LogP contribution in [0.1, 0.15) is 42.8 Å². The average molecular weight is 225 g/mol. The number of aliphatic hydroxyl groups is 1. The highest BCUT2D eigenvalue weighted by molar-refractivity contribution is 5.93. The van der Waals surface area contributed by atoms with E-state index in [1.165, 1.54) is 6.26 Å². The van der Waals surface area contributed by atoms with E-state index >= 15 is 0 Å². The Morgan fingerprint density at radius 3 is 2.56 bits per heavy atom. The Kier molecular flexibility index (Phi) is 4.12. The standard InChI is InChI=1S/C12H19NO3/c1-4-12(15,5-2)8-13-11(14)10-6-9(3)16-7-10/h6-7,15H,4-5,8H2,1-3H3,(H,13,14). The lowest BCUT2D eigenvalue weighted by molar-refractivity contribution is 0.0314. The molecule has 2 N–H and O–H groups in total. The molecule has 0 radical (unpaired) electrons. The summed E-state index contributed by atoms with van der Waals surface area (Å²) < 4.78 is 5.05. The van der Waals surface area contributed by atoms with Crippen molar-refractivity contribution in [2.45, 2.75) is 39.2 Å². The second-order valence-corrected chi connectivity index (χ2v) is 4.06. The van der Waals surface area contributed by atoms with E-state index in [-0.39, 0.29) is 12.5 Å². The number of carbonyl (C=O) groups excluding carboxylic acids is 1. The molecule has 0 saturated heterocycles. The Hall–Kier alpha value is -1.29. The summed E-state index contributed by atoms with van der Waals surface area (Å²) in [6.45, 7) is 5.85. The van der Waals surface area contributed by atoms with Gasteiger partial charge in [-0.2, -0.15) is 0 Å². The van der Waals surface area contributed by atoms with Crippen molar-refractivity contribution in [2.75, 3.05) is 6.54 Å². The van der Waals surface area contributed by atoms with Gasteiger partial charge in [0.2, 0.25) is 0 Å². The Bertz CT molecular complexity index is 353. The molecular formula is C12H19NO3. The first kappa shape index (κ1) is 12.8. The van der Waals surface area contributed by atoms with E-state index < -0.39 is 5.60 Å². The van der Waals surface area contributed by atoms with Gasteiger partial charge in [0.1, 0.15) is 12.0 Å². The van der Waals surface area contributed by atoms with Gasteiger partial charge in [0.15, 0.2) is 0 Å². The Balaban J connectivity index is 2.53. The molecular weight excluding hydrogens is 206 g/mol. The monoisotopic (exact) mass is 225 g/mol. The van der Waals surface area contributed by atoms with Gasteiger partial charge in [-0.3, -0.25) is 4.79 Å². The van der Waals surface area contributed by atoms with E-state index in [9.17, 15) is 9.90 Å². The van der Waals surface area contributed by atoms with Crippen LogP contribution >= 0.6 is 0 Å². The number of carbonyl (C=O) groups is 1. The molecule has 0 aliphatic heterocycles. The van der Waals surface area contributed by atoms with Gasteiger partial charge in [-0.25, -0.2) is 0 Å². The summed E-state index contributed by atoms with van der Waals surface area (Å²) in [6, 6.07) is 1.67. The third kappa shape index (κ3) is 3.10. The fourth-order valence-electron chi connectivity index (χ4n) is 1.41. The second kappa shape index (κ2) is 5.16. The molecule has 1 aromatic rings. The second-order valence-electron chi connectivity index (χ2n) is 4.06. The normalized spacial score (nSPS) is 11.5. The molecule has 0 aliphatic rings. The van der Waals surface area contributed by atoms with Gasteiger partial charge < -0.3 is 14.8 Å². The number of furan rings is 1. The maximum Gasteiger partial charge on any atom is 0.254 e.